The molecule has 4 amide bonds. The Labute approximate surface area is 202 Å². The molecule has 178 valence electrons. The van der Waals surface area contributed by atoms with E-state index in [9.17, 15) is 14.4 Å². The van der Waals surface area contributed by atoms with Crippen molar-refractivity contribution in [3.05, 3.63) is 40.9 Å². The molecular weight excluding hydrogens is 450 g/mol. The van der Waals surface area contributed by atoms with E-state index < -0.39 is 0 Å². The Hall–Kier alpha value is -2.94. The van der Waals surface area contributed by atoms with Gasteiger partial charge in [-0.3, -0.25) is 19.8 Å². The van der Waals surface area contributed by atoms with Crippen molar-refractivity contribution >= 4 is 40.0 Å². The van der Waals surface area contributed by atoms with Crippen molar-refractivity contribution in [3.8, 4) is 0 Å². The second-order valence-corrected chi connectivity index (χ2v) is 11.3. The monoisotopic (exact) mass is 479 g/mol. The van der Waals surface area contributed by atoms with Gasteiger partial charge in [-0.05, 0) is 74.3 Å². The highest BCUT2D eigenvalue weighted by Gasteiger charge is 2.58. The van der Waals surface area contributed by atoms with Crippen LogP contribution in [0.1, 0.15) is 54.6 Å². The van der Waals surface area contributed by atoms with Gasteiger partial charge in [-0.15, -0.1) is 11.3 Å². The van der Waals surface area contributed by atoms with Crippen LogP contribution in [-0.4, -0.2) is 35.4 Å². The number of fused-ring (bicyclic) bond motifs is 1. The number of benzene rings is 1. The van der Waals surface area contributed by atoms with E-state index in [-0.39, 0.29) is 29.3 Å². The highest BCUT2D eigenvalue weighted by molar-refractivity contribution is 7.14. The first-order valence-corrected chi connectivity index (χ1v) is 13.0. The minimum Gasteiger partial charge on any atom is -0.369 e. The maximum atomic E-state index is 13.0. The Morgan fingerprint density at radius 3 is 2.65 bits per heavy atom. The van der Waals surface area contributed by atoms with Gasteiger partial charge in [0.1, 0.15) is 5.69 Å². The number of primary amides is 1. The van der Waals surface area contributed by atoms with Gasteiger partial charge in [0, 0.05) is 29.1 Å². The summed E-state index contributed by atoms with van der Waals surface area (Å²) in [5, 5.41) is 8.17. The Balaban J connectivity index is 1.11. The van der Waals surface area contributed by atoms with Crippen molar-refractivity contribution in [2.75, 3.05) is 16.8 Å². The number of aromatic nitrogens is 1. The van der Waals surface area contributed by atoms with Gasteiger partial charge in [0.15, 0.2) is 5.13 Å². The number of nitrogens with zero attached hydrogens (tertiary/aromatic N) is 2. The molecule has 2 aromatic rings. The number of amides is 4. The molecule has 1 aromatic carbocycles. The summed E-state index contributed by atoms with van der Waals surface area (Å²) in [6.45, 7) is 0.653. The lowest BCUT2D eigenvalue weighted by Crippen LogP contribution is -2.62. The molecule has 0 saturated heterocycles. The molecule has 1 aromatic heterocycles. The van der Waals surface area contributed by atoms with E-state index in [1.165, 1.54) is 11.3 Å². The number of nitrogens with two attached hydrogens (primary N) is 1. The summed E-state index contributed by atoms with van der Waals surface area (Å²) >= 11 is 1.25. The third-order valence-electron chi connectivity index (χ3n) is 8.40. The highest BCUT2D eigenvalue weighted by atomic mass is 32.1. The third kappa shape index (κ3) is 3.57. The van der Waals surface area contributed by atoms with Crippen LogP contribution in [0.4, 0.5) is 15.6 Å². The molecule has 5 aliphatic rings. The van der Waals surface area contributed by atoms with Crippen LogP contribution < -0.4 is 21.3 Å². The Kier molecular flexibility index (Phi) is 5.13. The van der Waals surface area contributed by atoms with Crippen molar-refractivity contribution < 1.29 is 14.4 Å². The summed E-state index contributed by atoms with van der Waals surface area (Å²) in [6, 6.07) is 7.76. The smallest absolute Gasteiger partial charge is 0.328 e. The standard InChI is InChI=1S/C25H29N5O3S/c26-22(32)25-10-14-8-16(11-25)20(17(9-14)12-25)28-21(31)18-13-34-23(27-18)29-24(33)30-7-3-5-15-4-1-2-6-19(15)30/h1-2,4,6,13-14,16-17,20H,3,5,7-12H2,(H2,26,32)(H,28,31)(H,27,29,33). The zero-order chi connectivity index (χ0) is 23.4. The summed E-state index contributed by atoms with van der Waals surface area (Å²) in [4.78, 5) is 44.3. The fourth-order valence-corrected chi connectivity index (χ4v) is 7.81. The number of carbonyl (C=O) groups is 3. The van der Waals surface area contributed by atoms with Gasteiger partial charge in [0.2, 0.25) is 5.91 Å². The van der Waals surface area contributed by atoms with Crippen molar-refractivity contribution in [1.29, 1.82) is 0 Å². The number of rotatable bonds is 4. The second-order valence-electron chi connectivity index (χ2n) is 10.5. The van der Waals surface area contributed by atoms with Crippen molar-refractivity contribution in [2.24, 2.45) is 28.9 Å². The third-order valence-corrected chi connectivity index (χ3v) is 9.16. The van der Waals surface area contributed by atoms with Crippen molar-refractivity contribution in [3.63, 3.8) is 0 Å². The maximum absolute atomic E-state index is 13.0. The van der Waals surface area contributed by atoms with Crippen LogP contribution in [0.5, 0.6) is 0 Å². The van der Waals surface area contributed by atoms with E-state index in [1.807, 2.05) is 18.2 Å². The van der Waals surface area contributed by atoms with Crippen LogP contribution in [-0.2, 0) is 11.2 Å². The molecule has 4 fully saturated rings. The molecule has 4 aliphatic carbocycles. The molecule has 7 rings (SSSR count). The van der Waals surface area contributed by atoms with Gasteiger partial charge in [0.05, 0.1) is 0 Å². The van der Waals surface area contributed by atoms with Gasteiger partial charge < -0.3 is 11.1 Å². The molecule has 4 saturated carbocycles. The predicted octanol–water partition coefficient (Wildman–Crippen LogP) is 3.54. The average Bonchev–Trinajstić information content (AvgIpc) is 3.29. The van der Waals surface area contributed by atoms with E-state index in [4.69, 9.17) is 5.73 Å². The SMILES string of the molecule is NC(=O)C12CC3CC(C1)C(NC(=O)c1csc(NC(=O)N4CCCc5ccccc54)n1)C(C3)C2. The highest BCUT2D eigenvalue weighted by Crippen LogP contribution is 2.59. The van der Waals surface area contributed by atoms with E-state index in [0.717, 1.165) is 56.2 Å². The molecule has 1 aliphatic heterocycles. The molecule has 0 spiro atoms. The molecule has 2 heterocycles. The molecule has 4 bridgehead atoms. The number of carbonyl (C=O) groups excluding carboxylic acids is 3. The maximum Gasteiger partial charge on any atom is 0.328 e. The number of thiazole rings is 1. The lowest BCUT2D eigenvalue weighted by molar-refractivity contribution is -0.145. The Morgan fingerprint density at radius 2 is 1.88 bits per heavy atom. The topological polar surface area (TPSA) is 117 Å². The van der Waals surface area contributed by atoms with Crippen LogP contribution in [0.3, 0.4) is 0 Å². The van der Waals surface area contributed by atoms with Crippen LogP contribution in [0.2, 0.25) is 0 Å². The summed E-state index contributed by atoms with van der Waals surface area (Å²) in [5.41, 5.74) is 7.82. The fourth-order valence-electron chi connectivity index (χ4n) is 7.13. The zero-order valence-electron chi connectivity index (χ0n) is 19.0. The second kappa shape index (κ2) is 8.08. The van der Waals surface area contributed by atoms with E-state index in [1.54, 1.807) is 10.3 Å². The van der Waals surface area contributed by atoms with Crippen LogP contribution in [0.15, 0.2) is 29.6 Å². The minimum absolute atomic E-state index is 0.0566. The summed E-state index contributed by atoms with van der Waals surface area (Å²) in [5.74, 6) is 0.733. The molecular formula is C25H29N5O3S. The summed E-state index contributed by atoms with van der Waals surface area (Å²) in [6.07, 6.45) is 6.43. The molecule has 8 nitrogen and oxygen atoms in total. The van der Waals surface area contributed by atoms with Gasteiger partial charge in [0.25, 0.3) is 5.91 Å². The quantitative estimate of drug-likeness (QED) is 0.622. The Bertz CT molecular complexity index is 1150. The molecule has 2 atom stereocenters. The number of hydrogen-bond acceptors (Lipinski definition) is 5. The first-order chi connectivity index (χ1) is 16.4. The number of urea groups is 1. The molecule has 2 unspecified atom stereocenters. The Morgan fingerprint density at radius 1 is 1.12 bits per heavy atom. The number of anilines is 2. The molecule has 9 heteroatoms. The zero-order valence-corrected chi connectivity index (χ0v) is 19.8. The lowest BCUT2D eigenvalue weighted by Gasteiger charge is -2.58. The largest absolute Gasteiger partial charge is 0.369 e. The van der Waals surface area contributed by atoms with Crippen molar-refractivity contribution in [1.82, 2.24) is 10.3 Å². The minimum atomic E-state index is -0.372. The van der Waals surface area contributed by atoms with Gasteiger partial charge in [-0.1, -0.05) is 18.2 Å². The van der Waals surface area contributed by atoms with Crippen LogP contribution >= 0.6 is 11.3 Å². The lowest BCUT2D eigenvalue weighted by atomic mass is 9.47. The molecule has 34 heavy (non-hydrogen) atoms. The van der Waals surface area contributed by atoms with Gasteiger partial charge in [-0.25, -0.2) is 9.78 Å². The van der Waals surface area contributed by atoms with Gasteiger partial charge in [-0.2, -0.15) is 0 Å². The summed E-state index contributed by atoms with van der Waals surface area (Å²) < 4.78 is 0. The molecule has 4 N–H and O–H groups in total. The van der Waals surface area contributed by atoms with E-state index in [2.05, 4.69) is 21.7 Å². The van der Waals surface area contributed by atoms with E-state index in [0.29, 0.717) is 35.1 Å². The van der Waals surface area contributed by atoms with E-state index >= 15 is 0 Å². The number of hydrogen-bond donors (Lipinski definition) is 3. The fraction of sp³-hybridized carbons (Fsp3) is 0.520. The summed E-state index contributed by atoms with van der Waals surface area (Å²) in [7, 11) is 0. The van der Waals surface area contributed by atoms with Crippen LogP contribution in [0, 0.1) is 23.2 Å². The normalized spacial score (nSPS) is 31.1. The average molecular weight is 480 g/mol. The van der Waals surface area contributed by atoms with Crippen LogP contribution in [0.25, 0.3) is 0 Å². The van der Waals surface area contributed by atoms with Crippen molar-refractivity contribution in [2.45, 2.75) is 51.0 Å². The first kappa shape index (κ1) is 21.6. The molecule has 0 radical (unpaired) electrons. The number of aryl methyl sites for hydroxylation is 1. The number of nitrogens with one attached hydrogen (secondary N) is 2. The first-order valence-electron chi connectivity index (χ1n) is 12.1. The van der Waals surface area contributed by atoms with Gasteiger partial charge >= 0.3 is 6.03 Å². The predicted molar refractivity (Wildman–Crippen MR) is 130 cm³/mol. The number of para-hydroxylation sites is 1.